The van der Waals surface area contributed by atoms with Gasteiger partial charge in [0.25, 0.3) is 0 Å². The standard InChI is InChI=1S/C26H26ClN3O3/c1-32-23-10-8-18(14-24(23)33-2)12-13-28-26(31)15-21(19-6-4-3-5-7-19)22-16-29-25-11-9-20(27)17-30(22)25/h3-11,14,16-17,21H,12-13,15H2,1-2H3,(H,28,31). The first-order valence-electron chi connectivity index (χ1n) is 10.7. The molecule has 0 radical (unpaired) electrons. The average molecular weight is 464 g/mol. The molecule has 1 unspecified atom stereocenters. The molecule has 1 amide bonds. The van der Waals surface area contributed by atoms with E-state index >= 15 is 0 Å². The third-order valence-corrected chi connectivity index (χ3v) is 5.85. The van der Waals surface area contributed by atoms with Crippen LogP contribution in [0, 0.1) is 0 Å². The van der Waals surface area contributed by atoms with Gasteiger partial charge in [-0.2, -0.15) is 0 Å². The Morgan fingerprint density at radius 3 is 2.61 bits per heavy atom. The van der Waals surface area contributed by atoms with E-state index in [1.54, 1.807) is 14.2 Å². The molecule has 0 saturated carbocycles. The average Bonchev–Trinajstić information content (AvgIpc) is 3.25. The Bertz CT molecular complexity index is 1240. The summed E-state index contributed by atoms with van der Waals surface area (Å²) in [5.41, 5.74) is 3.83. The molecule has 2 heterocycles. The van der Waals surface area contributed by atoms with Crippen molar-refractivity contribution in [1.29, 1.82) is 0 Å². The lowest BCUT2D eigenvalue weighted by Gasteiger charge is -2.17. The van der Waals surface area contributed by atoms with Crippen LogP contribution in [-0.2, 0) is 11.2 Å². The highest BCUT2D eigenvalue weighted by Gasteiger charge is 2.22. The molecule has 0 saturated heterocycles. The van der Waals surface area contributed by atoms with Crippen LogP contribution in [0.2, 0.25) is 5.02 Å². The third-order valence-electron chi connectivity index (χ3n) is 5.63. The van der Waals surface area contributed by atoms with Crippen LogP contribution in [0.5, 0.6) is 11.5 Å². The van der Waals surface area contributed by atoms with Gasteiger partial charge in [-0.15, -0.1) is 0 Å². The summed E-state index contributed by atoms with van der Waals surface area (Å²) in [5.74, 6) is 1.18. The monoisotopic (exact) mass is 463 g/mol. The molecule has 0 fully saturated rings. The van der Waals surface area contributed by atoms with E-state index in [2.05, 4.69) is 10.3 Å². The Labute approximate surface area is 198 Å². The van der Waals surface area contributed by atoms with E-state index in [0.717, 1.165) is 22.5 Å². The summed E-state index contributed by atoms with van der Waals surface area (Å²) >= 11 is 6.23. The highest BCUT2D eigenvalue weighted by atomic mass is 35.5. The number of pyridine rings is 1. The molecule has 0 spiro atoms. The Morgan fingerprint density at radius 1 is 1.06 bits per heavy atom. The fourth-order valence-corrected chi connectivity index (χ4v) is 4.11. The van der Waals surface area contributed by atoms with Crippen molar-refractivity contribution >= 4 is 23.2 Å². The molecule has 0 bridgehead atoms. The van der Waals surface area contributed by atoms with Gasteiger partial charge in [-0.3, -0.25) is 4.79 Å². The van der Waals surface area contributed by atoms with E-state index in [4.69, 9.17) is 21.1 Å². The maximum atomic E-state index is 12.9. The molecule has 1 atom stereocenters. The fourth-order valence-electron chi connectivity index (χ4n) is 3.95. The lowest BCUT2D eigenvalue weighted by molar-refractivity contribution is -0.121. The SMILES string of the molecule is COc1ccc(CCNC(=O)CC(c2ccccc2)c2cnc3ccc(Cl)cn23)cc1OC. The van der Waals surface area contributed by atoms with Crippen LogP contribution in [0.3, 0.4) is 0 Å². The van der Waals surface area contributed by atoms with Gasteiger partial charge >= 0.3 is 0 Å². The molecule has 1 N–H and O–H groups in total. The van der Waals surface area contributed by atoms with Crippen LogP contribution in [0.1, 0.15) is 29.2 Å². The van der Waals surface area contributed by atoms with Crippen molar-refractivity contribution in [2.45, 2.75) is 18.8 Å². The smallest absolute Gasteiger partial charge is 0.221 e. The van der Waals surface area contributed by atoms with Gasteiger partial charge in [0.2, 0.25) is 5.91 Å². The second kappa shape index (κ2) is 10.4. The van der Waals surface area contributed by atoms with Crippen molar-refractivity contribution in [3.05, 3.63) is 94.9 Å². The van der Waals surface area contributed by atoms with Gasteiger partial charge in [-0.05, 0) is 41.8 Å². The van der Waals surface area contributed by atoms with Crippen LogP contribution in [0.4, 0.5) is 0 Å². The highest BCUT2D eigenvalue weighted by molar-refractivity contribution is 6.30. The third kappa shape index (κ3) is 5.29. The first-order valence-corrected chi connectivity index (χ1v) is 11.1. The molecule has 7 heteroatoms. The van der Waals surface area contributed by atoms with Crippen LogP contribution in [-0.4, -0.2) is 36.1 Å². The summed E-state index contributed by atoms with van der Waals surface area (Å²) in [6, 6.07) is 19.5. The van der Waals surface area contributed by atoms with Crippen LogP contribution < -0.4 is 14.8 Å². The lowest BCUT2D eigenvalue weighted by Crippen LogP contribution is -2.27. The number of imidazole rings is 1. The number of hydrogen-bond donors (Lipinski definition) is 1. The Kier molecular flexibility index (Phi) is 7.15. The molecule has 4 aromatic rings. The van der Waals surface area contributed by atoms with E-state index in [9.17, 15) is 4.79 Å². The number of nitrogens with zero attached hydrogens (tertiary/aromatic N) is 2. The zero-order valence-electron chi connectivity index (χ0n) is 18.6. The maximum Gasteiger partial charge on any atom is 0.221 e. The van der Waals surface area contributed by atoms with E-state index in [-0.39, 0.29) is 11.8 Å². The van der Waals surface area contributed by atoms with Gasteiger partial charge in [-0.25, -0.2) is 4.98 Å². The zero-order valence-corrected chi connectivity index (χ0v) is 19.4. The minimum Gasteiger partial charge on any atom is -0.493 e. The van der Waals surface area contributed by atoms with Gasteiger partial charge in [0.05, 0.1) is 24.9 Å². The number of carbonyl (C=O) groups excluding carboxylic acids is 1. The lowest BCUT2D eigenvalue weighted by atomic mass is 9.92. The number of ether oxygens (including phenoxy) is 2. The number of halogens is 1. The topological polar surface area (TPSA) is 64.9 Å². The molecule has 170 valence electrons. The van der Waals surface area contributed by atoms with Crippen molar-refractivity contribution in [2.75, 3.05) is 20.8 Å². The first kappa shape index (κ1) is 22.7. The predicted octanol–water partition coefficient (Wildman–Crippen LogP) is 4.89. The second-order valence-electron chi connectivity index (χ2n) is 7.72. The number of carbonyl (C=O) groups is 1. The van der Waals surface area contributed by atoms with Gasteiger partial charge < -0.3 is 19.2 Å². The van der Waals surface area contributed by atoms with Crippen LogP contribution in [0.15, 0.2) is 73.1 Å². The van der Waals surface area contributed by atoms with Crippen molar-refractivity contribution in [3.8, 4) is 11.5 Å². The summed E-state index contributed by atoms with van der Waals surface area (Å²) < 4.78 is 12.6. The van der Waals surface area contributed by atoms with Crippen molar-refractivity contribution in [3.63, 3.8) is 0 Å². The van der Waals surface area contributed by atoms with Gasteiger partial charge in [-0.1, -0.05) is 48.0 Å². The van der Waals surface area contributed by atoms with Crippen molar-refractivity contribution in [1.82, 2.24) is 14.7 Å². The normalized spacial score (nSPS) is 11.8. The summed E-state index contributed by atoms with van der Waals surface area (Å²) in [6.07, 6.45) is 4.65. The van der Waals surface area contributed by atoms with E-state index in [0.29, 0.717) is 35.9 Å². The molecular formula is C26H26ClN3O3. The van der Waals surface area contributed by atoms with Crippen LogP contribution >= 0.6 is 11.6 Å². The Balaban J connectivity index is 1.48. The van der Waals surface area contributed by atoms with Gasteiger partial charge in [0, 0.05) is 31.3 Å². The molecule has 2 aromatic heterocycles. The number of rotatable bonds is 9. The summed E-state index contributed by atoms with van der Waals surface area (Å²) in [7, 11) is 3.22. The van der Waals surface area contributed by atoms with Gasteiger partial charge in [0.1, 0.15) is 5.65 Å². The minimum atomic E-state index is -0.152. The Hall–Kier alpha value is -3.51. The molecule has 33 heavy (non-hydrogen) atoms. The van der Waals surface area contributed by atoms with Crippen LogP contribution in [0.25, 0.3) is 5.65 Å². The number of amides is 1. The highest BCUT2D eigenvalue weighted by Crippen LogP contribution is 2.30. The summed E-state index contributed by atoms with van der Waals surface area (Å²) in [5, 5.41) is 3.67. The summed E-state index contributed by atoms with van der Waals surface area (Å²) in [4.78, 5) is 17.4. The molecule has 0 aliphatic heterocycles. The van der Waals surface area contributed by atoms with Crippen molar-refractivity contribution < 1.29 is 14.3 Å². The maximum absolute atomic E-state index is 12.9. The molecule has 0 aliphatic rings. The molecule has 2 aromatic carbocycles. The minimum absolute atomic E-state index is 0.0266. The van der Waals surface area contributed by atoms with E-state index in [1.807, 2.05) is 77.5 Å². The quantitative estimate of drug-likeness (QED) is 0.384. The van der Waals surface area contributed by atoms with Gasteiger partial charge in [0.15, 0.2) is 11.5 Å². The van der Waals surface area contributed by atoms with Crippen molar-refractivity contribution in [2.24, 2.45) is 0 Å². The number of fused-ring (bicyclic) bond motifs is 1. The second-order valence-corrected chi connectivity index (χ2v) is 8.15. The number of nitrogens with one attached hydrogen (secondary N) is 1. The predicted molar refractivity (Wildman–Crippen MR) is 129 cm³/mol. The number of aromatic nitrogens is 2. The van der Waals surface area contributed by atoms with E-state index < -0.39 is 0 Å². The number of hydrogen-bond acceptors (Lipinski definition) is 4. The fraction of sp³-hybridized carbons (Fsp3) is 0.231. The van der Waals surface area contributed by atoms with E-state index in [1.165, 1.54) is 0 Å². The number of benzene rings is 2. The molecule has 6 nitrogen and oxygen atoms in total. The molecule has 4 rings (SSSR count). The molecular weight excluding hydrogens is 438 g/mol. The first-order chi connectivity index (χ1) is 16.1. The Morgan fingerprint density at radius 2 is 1.85 bits per heavy atom. The zero-order chi connectivity index (χ0) is 23.2. The number of methoxy groups -OCH3 is 2. The summed E-state index contributed by atoms with van der Waals surface area (Å²) in [6.45, 7) is 0.523. The largest absolute Gasteiger partial charge is 0.493 e. The molecule has 0 aliphatic carbocycles.